The number of aryl methyl sites for hydroxylation is 4. The van der Waals surface area contributed by atoms with Crippen LogP contribution in [0.3, 0.4) is 0 Å². The third kappa shape index (κ3) is 2.59. The largest absolute Gasteiger partial charge is 0.511 e. The molecule has 26 heavy (non-hydrogen) atoms. The first-order valence-corrected chi connectivity index (χ1v) is 9.53. The van der Waals surface area contributed by atoms with Gasteiger partial charge in [0.1, 0.15) is 5.76 Å². The molecule has 134 valence electrons. The van der Waals surface area contributed by atoms with E-state index >= 15 is 0 Å². The van der Waals surface area contributed by atoms with Crippen molar-refractivity contribution in [2.45, 2.75) is 47.0 Å². The molecule has 1 N–H and O–H groups in total. The van der Waals surface area contributed by atoms with Crippen LogP contribution in [0.25, 0.3) is 16.7 Å². The van der Waals surface area contributed by atoms with Gasteiger partial charge in [-0.15, -0.1) is 0 Å². The first kappa shape index (κ1) is 17.1. The van der Waals surface area contributed by atoms with E-state index in [1.165, 1.54) is 22.3 Å². The van der Waals surface area contributed by atoms with Crippen molar-refractivity contribution in [2.75, 3.05) is 0 Å². The minimum atomic E-state index is 0.0943. The first-order chi connectivity index (χ1) is 12.4. The van der Waals surface area contributed by atoms with Crippen molar-refractivity contribution < 1.29 is 9.90 Å². The summed E-state index contributed by atoms with van der Waals surface area (Å²) in [6.45, 7) is 8.41. The van der Waals surface area contributed by atoms with Crippen LogP contribution in [0.1, 0.15) is 47.1 Å². The average molecular weight is 346 g/mol. The number of aliphatic hydroxyl groups excluding tert-OH is 1. The van der Waals surface area contributed by atoms with Crippen LogP contribution in [-0.2, 0) is 4.79 Å². The van der Waals surface area contributed by atoms with Gasteiger partial charge in [0.25, 0.3) is 0 Å². The fraction of sp³-hybridized carbons (Fsp3) is 0.375. The molecule has 2 aromatic carbocycles. The first-order valence-electron chi connectivity index (χ1n) is 9.53. The fourth-order valence-corrected chi connectivity index (χ4v) is 4.96. The third-order valence-corrected chi connectivity index (χ3v) is 6.17. The number of hydrogen-bond donors (Lipinski definition) is 1. The fourth-order valence-electron chi connectivity index (χ4n) is 4.96. The second-order valence-electron chi connectivity index (χ2n) is 8.13. The van der Waals surface area contributed by atoms with Crippen LogP contribution in [0.2, 0.25) is 0 Å². The van der Waals surface area contributed by atoms with Gasteiger partial charge in [-0.3, -0.25) is 4.79 Å². The molecule has 2 aromatic rings. The van der Waals surface area contributed by atoms with Crippen molar-refractivity contribution in [1.29, 1.82) is 0 Å². The Hall–Kier alpha value is -2.35. The maximum absolute atomic E-state index is 13.0. The van der Waals surface area contributed by atoms with Crippen LogP contribution in [0.5, 0.6) is 0 Å². The second kappa shape index (κ2) is 6.12. The Morgan fingerprint density at radius 1 is 0.885 bits per heavy atom. The van der Waals surface area contributed by atoms with Crippen molar-refractivity contribution in [3.8, 4) is 11.1 Å². The summed E-state index contributed by atoms with van der Waals surface area (Å²) in [6, 6.07) is 10.7. The normalized spacial score (nSPS) is 22.2. The molecule has 0 amide bonds. The molecule has 0 aromatic heterocycles. The lowest BCUT2D eigenvalue weighted by Crippen LogP contribution is -2.21. The highest BCUT2D eigenvalue weighted by atomic mass is 16.3. The molecule has 2 heteroatoms. The Kier molecular flexibility index (Phi) is 4.02. The lowest BCUT2D eigenvalue weighted by Gasteiger charge is -2.23. The minimum absolute atomic E-state index is 0.0943. The Bertz CT molecular complexity index is 926. The van der Waals surface area contributed by atoms with Gasteiger partial charge in [0.15, 0.2) is 5.78 Å². The van der Waals surface area contributed by atoms with Gasteiger partial charge >= 0.3 is 0 Å². The van der Waals surface area contributed by atoms with Crippen molar-refractivity contribution in [3.63, 3.8) is 0 Å². The number of allylic oxidation sites excluding steroid dienone is 2. The van der Waals surface area contributed by atoms with E-state index in [1.807, 2.05) is 6.92 Å². The van der Waals surface area contributed by atoms with Crippen molar-refractivity contribution in [1.82, 2.24) is 0 Å². The number of Topliss-reactive ketones (excluding diaryl/α,β-unsaturated/α-hetero) is 1. The van der Waals surface area contributed by atoms with E-state index < -0.39 is 0 Å². The molecule has 2 atom stereocenters. The smallest absolute Gasteiger partial charge is 0.169 e. The lowest BCUT2D eigenvalue weighted by atomic mass is 9.81. The monoisotopic (exact) mass is 346 g/mol. The average Bonchev–Trinajstić information content (AvgIpc) is 3.02. The summed E-state index contributed by atoms with van der Waals surface area (Å²) >= 11 is 0. The maximum Gasteiger partial charge on any atom is 0.169 e. The SMILES string of the molecule is Cc1cc(C)c(-c2ccc(C)c(C3=C(O)C4CCC(C4)C3=O)c2)c(C)c1. The van der Waals surface area contributed by atoms with Crippen LogP contribution >= 0.6 is 0 Å². The molecule has 2 aliphatic rings. The highest BCUT2D eigenvalue weighted by Gasteiger charge is 2.41. The number of hydrogen-bond acceptors (Lipinski definition) is 2. The van der Waals surface area contributed by atoms with Gasteiger partial charge in [-0.1, -0.05) is 29.8 Å². The molecule has 4 rings (SSSR count). The van der Waals surface area contributed by atoms with E-state index in [9.17, 15) is 9.90 Å². The topological polar surface area (TPSA) is 37.3 Å². The number of benzene rings is 2. The highest BCUT2D eigenvalue weighted by Crippen LogP contribution is 2.46. The number of carbonyl (C=O) groups excluding carboxylic acids is 1. The van der Waals surface area contributed by atoms with Gasteiger partial charge in [-0.2, -0.15) is 0 Å². The molecular weight excluding hydrogens is 320 g/mol. The summed E-state index contributed by atoms with van der Waals surface area (Å²) in [5, 5.41) is 10.8. The lowest BCUT2D eigenvalue weighted by molar-refractivity contribution is -0.117. The molecule has 0 saturated heterocycles. The van der Waals surface area contributed by atoms with Gasteiger partial charge in [0.2, 0.25) is 0 Å². The Balaban J connectivity index is 1.89. The van der Waals surface area contributed by atoms with E-state index in [2.05, 4.69) is 51.1 Å². The molecule has 2 aliphatic carbocycles. The van der Waals surface area contributed by atoms with Crippen molar-refractivity contribution in [2.24, 2.45) is 11.8 Å². The van der Waals surface area contributed by atoms with Gasteiger partial charge in [0, 0.05) is 11.8 Å². The number of carbonyl (C=O) groups is 1. The van der Waals surface area contributed by atoms with Gasteiger partial charge in [-0.05, 0) is 86.4 Å². The third-order valence-electron chi connectivity index (χ3n) is 6.17. The molecule has 2 bridgehead atoms. The Morgan fingerprint density at radius 2 is 1.54 bits per heavy atom. The standard InChI is InChI=1S/C24H26O2/c1-13-9-15(3)21(16(4)10-13)17-6-5-14(2)20(12-17)22-23(25)18-7-8-19(11-18)24(22)26/h5-6,9-10,12,18-19,25H,7-8,11H2,1-4H3. The summed E-state index contributed by atoms with van der Waals surface area (Å²) < 4.78 is 0. The molecular formula is C24H26O2. The molecule has 0 heterocycles. The Morgan fingerprint density at radius 3 is 2.23 bits per heavy atom. The number of aliphatic hydroxyl groups is 1. The summed E-state index contributed by atoms with van der Waals surface area (Å²) in [6.07, 6.45) is 2.66. The van der Waals surface area contributed by atoms with E-state index in [0.29, 0.717) is 11.3 Å². The summed E-state index contributed by atoms with van der Waals surface area (Å²) in [4.78, 5) is 13.0. The molecule has 0 aliphatic heterocycles. The van der Waals surface area contributed by atoms with Gasteiger partial charge in [-0.25, -0.2) is 0 Å². The summed E-state index contributed by atoms with van der Waals surface area (Å²) in [5.41, 5.74) is 8.61. The summed E-state index contributed by atoms with van der Waals surface area (Å²) in [7, 11) is 0. The number of rotatable bonds is 2. The van der Waals surface area contributed by atoms with E-state index in [1.54, 1.807) is 0 Å². The van der Waals surface area contributed by atoms with Crippen LogP contribution in [0.15, 0.2) is 36.1 Å². The van der Waals surface area contributed by atoms with E-state index in [4.69, 9.17) is 0 Å². The predicted octanol–water partition coefficient (Wildman–Crippen LogP) is 5.86. The zero-order valence-corrected chi connectivity index (χ0v) is 16.0. The molecule has 2 nitrogen and oxygen atoms in total. The molecule has 0 spiro atoms. The van der Waals surface area contributed by atoms with Crippen LogP contribution in [-0.4, -0.2) is 10.9 Å². The quantitative estimate of drug-likeness (QED) is 0.740. The van der Waals surface area contributed by atoms with Crippen molar-refractivity contribution in [3.05, 3.63) is 63.9 Å². The molecule has 1 saturated carbocycles. The minimum Gasteiger partial charge on any atom is -0.511 e. The maximum atomic E-state index is 13.0. The van der Waals surface area contributed by atoms with Crippen LogP contribution < -0.4 is 0 Å². The number of fused-ring (bicyclic) bond motifs is 2. The molecule has 1 fully saturated rings. The van der Waals surface area contributed by atoms with E-state index in [0.717, 1.165) is 36.0 Å². The second-order valence-corrected chi connectivity index (χ2v) is 8.13. The number of ketones is 1. The zero-order chi connectivity index (χ0) is 18.6. The highest BCUT2D eigenvalue weighted by molar-refractivity contribution is 6.23. The van der Waals surface area contributed by atoms with Crippen LogP contribution in [0, 0.1) is 39.5 Å². The Labute approximate surface area is 155 Å². The zero-order valence-electron chi connectivity index (χ0n) is 16.0. The molecule has 2 unspecified atom stereocenters. The van der Waals surface area contributed by atoms with Gasteiger partial charge < -0.3 is 5.11 Å². The van der Waals surface area contributed by atoms with E-state index in [-0.39, 0.29) is 17.6 Å². The summed E-state index contributed by atoms with van der Waals surface area (Å²) in [5.74, 6) is 0.714. The van der Waals surface area contributed by atoms with Crippen LogP contribution in [0.4, 0.5) is 0 Å². The van der Waals surface area contributed by atoms with Crippen molar-refractivity contribution >= 4 is 11.4 Å². The molecule has 0 radical (unpaired) electrons. The van der Waals surface area contributed by atoms with Gasteiger partial charge in [0.05, 0.1) is 5.57 Å². The predicted molar refractivity (Wildman–Crippen MR) is 106 cm³/mol.